The highest BCUT2D eigenvalue weighted by molar-refractivity contribution is 4.80. The van der Waals surface area contributed by atoms with Gasteiger partial charge in [-0.05, 0) is 33.0 Å². The molecule has 0 atom stereocenters. The Bertz CT molecular complexity index is 202. The van der Waals surface area contributed by atoms with Crippen LogP contribution in [-0.4, -0.2) is 73.9 Å². The topological polar surface area (TPSA) is 29.5 Å². The van der Waals surface area contributed by atoms with E-state index in [0.29, 0.717) is 0 Å². The molecule has 4 heteroatoms. The Labute approximate surface area is 92.6 Å². The van der Waals surface area contributed by atoms with Crippen LogP contribution < -0.4 is 0 Å². The number of hydrogen-bond donors (Lipinski definition) is 0. The summed E-state index contributed by atoms with van der Waals surface area (Å²) in [4.78, 5) is 4.93. The molecule has 0 aliphatic carbocycles. The fourth-order valence-electron chi connectivity index (χ4n) is 2.63. The Hall–Kier alpha value is -0.160. The smallest absolute Gasteiger partial charge is 0.0911 e. The van der Waals surface area contributed by atoms with Gasteiger partial charge in [-0.1, -0.05) is 0 Å². The quantitative estimate of drug-likeness (QED) is 0.465. The van der Waals surface area contributed by atoms with Crippen LogP contribution in [0.4, 0.5) is 0 Å². The third-order valence-corrected chi connectivity index (χ3v) is 3.92. The van der Waals surface area contributed by atoms with Crippen LogP contribution in [0.25, 0.3) is 0 Å². The molecule has 0 saturated carbocycles. The van der Waals surface area contributed by atoms with Crippen molar-refractivity contribution >= 4 is 0 Å². The molecule has 0 bridgehead atoms. The molecule has 2 heterocycles. The SMILES string of the molecule is CN1CCC(N2CC[N+](C)([O-])CC2)CC1. The van der Waals surface area contributed by atoms with Crippen molar-refractivity contribution in [3.8, 4) is 0 Å². The standard InChI is InChI=1S/C11H23N3O/c1-12-5-3-11(4-6-12)13-7-9-14(2,15)10-8-13/h11H,3-10H2,1-2H3. The Morgan fingerprint density at radius 2 is 1.60 bits per heavy atom. The van der Waals surface area contributed by atoms with Crippen molar-refractivity contribution in [3.63, 3.8) is 0 Å². The summed E-state index contributed by atoms with van der Waals surface area (Å²) in [7, 11) is 3.99. The summed E-state index contributed by atoms with van der Waals surface area (Å²) < 4.78 is -0.0386. The van der Waals surface area contributed by atoms with Crippen LogP contribution in [0.3, 0.4) is 0 Å². The van der Waals surface area contributed by atoms with Crippen LogP contribution in [0.5, 0.6) is 0 Å². The predicted molar refractivity (Wildman–Crippen MR) is 61.4 cm³/mol. The van der Waals surface area contributed by atoms with E-state index in [2.05, 4.69) is 16.8 Å². The summed E-state index contributed by atoms with van der Waals surface area (Å²) in [6.07, 6.45) is 2.55. The molecule has 2 aliphatic heterocycles. The summed E-state index contributed by atoms with van der Waals surface area (Å²) in [5, 5.41) is 11.7. The van der Waals surface area contributed by atoms with Crippen LogP contribution in [0.2, 0.25) is 0 Å². The molecule has 2 rings (SSSR count). The molecule has 0 aromatic rings. The summed E-state index contributed by atoms with van der Waals surface area (Å²) in [6, 6.07) is 0.737. The first-order chi connectivity index (χ1) is 7.07. The first-order valence-electron chi connectivity index (χ1n) is 6.05. The van der Waals surface area contributed by atoms with Gasteiger partial charge in [0.25, 0.3) is 0 Å². The summed E-state index contributed by atoms with van der Waals surface area (Å²) in [5.74, 6) is 0. The van der Waals surface area contributed by atoms with Crippen molar-refractivity contribution < 1.29 is 4.65 Å². The molecule has 0 spiro atoms. The van der Waals surface area contributed by atoms with E-state index in [1.165, 1.54) is 25.9 Å². The number of likely N-dealkylation sites (tertiary alicyclic amines) is 1. The summed E-state index contributed by atoms with van der Waals surface area (Å²) in [6.45, 7) is 5.96. The lowest BCUT2D eigenvalue weighted by Crippen LogP contribution is -2.57. The van der Waals surface area contributed by atoms with Gasteiger partial charge in [0.05, 0.1) is 20.1 Å². The van der Waals surface area contributed by atoms with E-state index in [-0.39, 0.29) is 4.65 Å². The van der Waals surface area contributed by atoms with Crippen molar-refractivity contribution in [2.75, 3.05) is 53.4 Å². The minimum absolute atomic E-state index is 0.0386. The second-order valence-electron chi connectivity index (χ2n) is 5.31. The molecular formula is C11H23N3O. The van der Waals surface area contributed by atoms with Crippen molar-refractivity contribution in [2.24, 2.45) is 0 Å². The van der Waals surface area contributed by atoms with Crippen LogP contribution in [0.15, 0.2) is 0 Å². The van der Waals surface area contributed by atoms with Gasteiger partial charge in [-0.25, -0.2) is 0 Å². The molecule has 2 saturated heterocycles. The lowest BCUT2D eigenvalue weighted by atomic mass is 10.0. The molecular weight excluding hydrogens is 190 g/mol. The van der Waals surface area contributed by atoms with Crippen molar-refractivity contribution in [2.45, 2.75) is 18.9 Å². The van der Waals surface area contributed by atoms with Crippen LogP contribution in [0.1, 0.15) is 12.8 Å². The molecule has 2 aliphatic rings. The minimum Gasteiger partial charge on any atom is -0.633 e. The first kappa shape index (κ1) is 11.3. The normalized spacial score (nSPS) is 30.6. The lowest BCUT2D eigenvalue weighted by molar-refractivity contribution is -0.865. The second kappa shape index (κ2) is 4.37. The van der Waals surface area contributed by atoms with Crippen LogP contribution >= 0.6 is 0 Å². The van der Waals surface area contributed by atoms with Gasteiger partial charge in [-0.3, -0.25) is 4.90 Å². The van der Waals surface area contributed by atoms with E-state index < -0.39 is 0 Å². The number of hydrogen-bond acceptors (Lipinski definition) is 3. The Balaban J connectivity index is 1.80. The highest BCUT2D eigenvalue weighted by Gasteiger charge is 2.28. The van der Waals surface area contributed by atoms with E-state index in [9.17, 15) is 5.21 Å². The predicted octanol–water partition coefficient (Wildman–Crippen LogP) is 0.341. The molecule has 0 unspecified atom stereocenters. The number of piperidine rings is 1. The fourth-order valence-corrected chi connectivity index (χ4v) is 2.63. The second-order valence-corrected chi connectivity index (χ2v) is 5.31. The third kappa shape index (κ3) is 2.91. The number of quaternary nitrogens is 1. The fraction of sp³-hybridized carbons (Fsp3) is 1.00. The highest BCUT2D eigenvalue weighted by Crippen LogP contribution is 2.18. The van der Waals surface area contributed by atoms with Crippen LogP contribution in [0, 0.1) is 5.21 Å². The minimum atomic E-state index is -0.0386. The molecule has 88 valence electrons. The van der Waals surface area contributed by atoms with Gasteiger partial charge in [0.15, 0.2) is 0 Å². The maximum Gasteiger partial charge on any atom is 0.0911 e. The monoisotopic (exact) mass is 213 g/mol. The number of rotatable bonds is 1. The summed E-state index contributed by atoms with van der Waals surface area (Å²) in [5.41, 5.74) is 0. The van der Waals surface area contributed by atoms with Crippen LogP contribution in [-0.2, 0) is 0 Å². The number of likely N-dealkylation sites (N-methyl/N-ethyl adjacent to an activating group) is 1. The molecule has 0 N–H and O–H groups in total. The van der Waals surface area contributed by atoms with Gasteiger partial charge >= 0.3 is 0 Å². The van der Waals surface area contributed by atoms with E-state index in [1.807, 2.05) is 0 Å². The molecule has 0 radical (unpaired) electrons. The van der Waals surface area contributed by atoms with Crippen molar-refractivity contribution in [1.82, 2.24) is 9.80 Å². The molecule has 0 amide bonds. The lowest BCUT2D eigenvalue weighted by Gasteiger charge is -2.48. The molecule has 4 nitrogen and oxygen atoms in total. The number of piperazine rings is 1. The van der Waals surface area contributed by atoms with Crippen molar-refractivity contribution in [1.29, 1.82) is 0 Å². The zero-order valence-electron chi connectivity index (χ0n) is 9.98. The Morgan fingerprint density at radius 1 is 1.07 bits per heavy atom. The first-order valence-corrected chi connectivity index (χ1v) is 6.05. The Kier molecular flexibility index (Phi) is 3.30. The largest absolute Gasteiger partial charge is 0.633 e. The van der Waals surface area contributed by atoms with E-state index >= 15 is 0 Å². The molecule has 0 aromatic heterocycles. The van der Waals surface area contributed by atoms with Gasteiger partial charge in [-0.15, -0.1) is 0 Å². The maximum absolute atomic E-state index is 11.7. The molecule has 0 aromatic carbocycles. The average Bonchev–Trinajstić information content (AvgIpc) is 2.20. The maximum atomic E-state index is 11.7. The average molecular weight is 213 g/mol. The zero-order valence-corrected chi connectivity index (χ0v) is 9.98. The van der Waals surface area contributed by atoms with Gasteiger partial charge in [0.1, 0.15) is 0 Å². The van der Waals surface area contributed by atoms with Gasteiger partial charge in [0, 0.05) is 19.1 Å². The molecule has 15 heavy (non-hydrogen) atoms. The van der Waals surface area contributed by atoms with Crippen molar-refractivity contribution in [3.05, 3.63) is 5.21 Å². The van der Waals surface area contributed by atoms with E-state index in [4.69, 9.17) is 0 Å². The summed E-state index contributed by atoms with van der Waals surface area (Å²) >= 11 is 0. The highest BCUT2D eigenvalue weighted by atomic mass is 16.5. The van der Waals surface area contributed by atoms with Gasteiger partial charge in [0.2, 0.25) is 0 Å². The zero-order chi connectivity index (χ0) is 10.9. The van der Waals surface area contributed by atoms with E-state index in [1.54, 1.807) is 7.05 Å². The van der Waals surface area contributed by atoms with Gasteiger partial charge < -0.3 is 14.8 Å². The molecule has 2 fully saturated rings. The number of nitrogens with zero attached hydrogens (tertiary/aromatic N) is 3. The van der Waals surface area contributed by atoms with E-state index in [0.717, 1.165) is 32.2 Å². The number of hydroxylamine groups is 3. The van der Waals surface area contributed by atoms with Gasteiger partial charge in [-0.2, -0.15) is 0 Å². The Morgan fingerprint density at radius 3 is 2.13 bits per heavy atom. The third-order valence-electron chi connectivity index (χ3n) is 3.92.